The fourth-order valence-corrected chi connectivity index (χ4v) is 2.30. The molecule has 2 N–H and O–H groups in total. The van der Waals surface area contributed by atoms with Gasteiger partial charge in [0.2, 0.25) is 0 Å². The van der Waals surface area contributed by atoms with Crippen molar-refractivity contribution < 1.29 is 4.39 Å². The van der Waals surface area contributed by atoms with E-state index in [0.29, 0.717) is 0 Å². The largest absolute Gasteiger partial charge is 0.322 e. The van der Waals surface area contributed by atoms with Crippen molar-refractivity contribution in [2.24, 2.45) is 5.73 Å². The molecule has 0 saturated heterocycles. The number of rotatable bonds is 4. The summed E-state index contributed by atoms with van der Waals surface area (Å²) in [5.41, 5.74) is 8.13. The normalized spacial score (nSPS) is 13.5. The number of hydrogen-bond acceptors (Lipinski definition) is 2. The van der Waals surface area contributed by atoms with E-state index in [1.54, 1.807) is 18.3 Å². The molecule has 2 rings (SSSR count). The first-order chi connectivity index (χ1) is 8.96. The van der Waals surface area contributed by atoms with E-state index in [4.69, 9.17) is 5.73 Å². The highest BCUT2D eigenvalue weighted by Gasteiger charge is 2.31. The average Bonchev–Trinajstić information content (AvgIpc) is 2.86. The maximum absolute atomic E-state index is 13.0. The van der Waals surface area contributed by atoms with Crippen molar-refractivity contribution in [1.82, 2.24) is 9.78 Å². The SMILES string of the molecule is CCn1nccc1C(N)C(C)(C)c1ccc(F)cc1. The minimum absolute atomic E-state index is 0.194. The quantitative estimate of drug-likeness (QED) is 0.919. The second-order valence-electron chi connectivity index (χ2n) is 5.28. The molecule has 0 aliphatic carbocycles. The van der Waals surface area contributed by atoms with E-state index >= 15 is 0 Å². The van der Waals surface area contributed by atoms with E-state index in [0.717, 1.165) is 17.8 Å². The summed E-state index contributed by atoms with van der Waals surface area (Å²) in [6, 6.07) is 8.28. The minimum atomic E-state index is -0.291. The molecule has 1 atom stereocenters. The van der Waals surface area contributed by atoms with Crippen molar-refractivity contribution in [2.45, 2.75) is 38.8 Å². The molecule has 0 aliphatic heterocycles. The van der Waals surface area contributed by atoms with E-state index in [2.05, 4.69) is 18.9 Å². The fraction of sp³-hybridized carbons (Fsp3) is 0.400. The molecule has 1 aromatic carbocycles. The first-order valence-electron chi connectivity index (χ1n) is 6.50. The van der Waals surface area contributed by atoms with Crippen molar-refractivity contribution in [3.63, 3.8) is 0 Å². The molecule has 19 heavy (non-hydrogen) atoms. The predicted octanol–water partition coefficient (Wildman–Crippen LogP) is 3.02. The van der Waals surface area contributed by atoms with Crippen molar-refractivity contribution in [3.8, 4) is 0 Å². The molecule has 4 heteroatoms. The van der Waals surface area contributed by atoms with Gasteiger partial charge in [-0.25, -0.2) is 4.39 Å². The first-order valence-corrected chi connectivity index (χ1v) is 6.50. The Morgan fingerprint density at radius 2 is 1.89 bits per heavy atom. The standard InChI is InChI=1S/C15H20FN3/c1-4-19-13(9-10-18-19)14(17)15(2,3)11-5-7-12(16)8-6-11/h5-10,14H,4,17H2,1-3H3. The third kappa shape index (κ3) is 2.54. The van der Waals surface area contributed by atoms with E-state index < -0.39 is 0 Å². The van der Waals surface area contributed by atoms with Crippen LogP contribution in [-0.4, -0.2) is 9.78 Å². The van der Waals surface area contributed by atoms with Gasteiger partial charge in [-0.2, -0.15) is 5.10 Å². The number of aryl methyl sites for hydroxylation is 1. The summed E-state index contributed by atoms with van der Waals surface area (Å²) in [5.74, 6) is -0.230. The number of aromatic nitrogens is 2. The molecule has 0 saturated carbocycles. The summed E-state index contributed by atoms with van der Waals surface area (Å²) < 4.78 is 14.9. The van der Waals surface area contributed by atoms with Gasteiger partial charge in [-0.05, 0) is 30.7 Å². The summed E-state index contributed by atoms with van der Waals surface area (Å²) in [6.07, 6.45) is 1.76. The zero-order chi connectivity index (χ0) is 14.0. The second kappa shape index (κ2) is 5.13. The second-order valence-corrected chi connectivity index (χ2v) is 5.28. The highest BCUT2D eigenvalue weighted by molar-refractivity contribution is 5.29. The van der Waals surface area contributed by atoms with Crippen molar-refractivity contribution in [3.05, 3.63) is 53.6 Å². The highest BCUT2D eigenvalue weighted by Crippen LogP contribution is 2.35. The molecule has 102 valence electrons. The van der Waals surface area contributed by atoms with Crippen LogP contribution in [0.2, 0.25) is 0 Å². The molecule has 3 nitrogen and oxygen atoms in total. The predicted molar refractivity (Wildman–Crippen MR) is 74.3 cm³/mol. The molecule has 0 fully saturated rings. The van der Waals surface area contributed by atoms with Crippen LogP contribution in [0.5, 0.6) is 0 Å². The number of benzene rings is 1. The van der Waals surface area contributed by atoms with Gasteiger partial charge in [-0.1, -0.05) is 26.0 Å². The van der Waals surface area contributed by atoms with Gasteiger partial charge in [0, 0.05) is 18.2 Å². The van der Waals surface area contributed by atoms with Crippen LogP contribution in [0.4, 0.5) is 4.39 Å². The van der Waals surface area contributed by atoms with E-state index in [1.165, 1.54) is 12.1 Å². The van der Waals surface area contributed by atoms with Gasteiger partial charge in [0.15, 0.2) is 0 Å². The van der Waals surface area contributed by atoms with Crippen LogP contribution in [0, 0.1) is 5.82 Å². The van der Waals surface area contributed by atoms with Crippen LogP contribution < -0.4 is 5.73 Å². The smallest absolute Gasteiger partial charge is 0.123 e. The van der Waals surface area contributed by atoms with Gasteiger partial charge in [0.05, 0.1) is 11.7 Å². The summed E-state index contributed by atoms with van der Waals surface area (Å²) in [4.78, 5) is 0. The molecule has 0 aliphatic rings. The van der Waals surface area contributed by atoms with Gasteiger partial charge >= 0.3 is 0 Å². The Bertz CT molecular complexity index is 543. The van der Waals surface area contributed by atoms with Crippen LogP contribution in [0.1, 0.15) is 38.1 Å². The highest BCUT2D eigenvalue weighted by atomic mass is 19.1. The van der Waals surface area contributed by atoms with E-state index in [-0.39, 0.29) is 17.3 Å². The molecule has 2 aromatic rings. The van der Waals surface area contributed by atoms with Crippen LogP contribution in [0.25, 0.3) is 0 Å². The monoisotopic (exact) mass is 261 g/mol. The zero-order valence-corrected chi connectivity index (χ0v) is 11.6. The summed E-state index contributed by atoms with van der Waals surface area (Å²) in [6.45, 7) is 6.96. The lowest BCUT2D eigenvalue weighted by Crippen LogP contribution is -2.34. The molecule has 0 radical (unpaired) electrons. The Balaban J connectivity index is 2.36. The Hall–Kier alpha value is -1.68. The minimum Gasteiger partial charge on any atom is -0.322 e. The Kier molecular flexibility index (Phi) is 3.71. The molecule has 0 bridgehead atoms. The molecule has 0 spiro atoms. The first kappa shape index (κ1) is 13.7. The lowest BCUT2D eigenvalue weighted by Gasteiger charge is -2.32. The maximum Gasteiger partial charge on any atom is 0.123 e. The molecular weight excluding hydrogens is 241 g/mol. The van der Waals surface area contributed by atoms with Crippen LogP contribution in [0.15, 0.2) is 36.5 Å². The van der Waals surface area contributed by atoms with E-state index in [1.807, 2.05) is 17.7 Å². The molecule has 0 amide bonds. The summed E-state index contributed by atoms with van der Waals surface area (Å²) in [7, 11) is 0. The van der Waals surface area contributed by atoms with Crippen molar-refractivity contribution in [2.75, 3.05) is 0 Å². The van der Waals surface area contributed by atoms with Gasteiger partial charge in [0.25, 0.3) is 0 Å². The topological polar surface area (TPSA) is 43.8 Å². The molecule has 1 heterocycles. The third-order valence-electron chi connectivity index (χ3n) is 3.73. The van der Waals surface area contributed by atoms with Crippen molar-refractivity contribution in [1.29, 1.82) is 0 Å². The van der Waals surface area contributed by atoms with Crippen LogP contribution in [0.3, 0.4) is 0 Å². The Labute approximate surface area is 113 Å². The molecule has 1 aromatic heterocycles. The zero-order valence-electron chi connectivity index (χ0n) is 11.6. The average molecular weight is 261 g/mol. The number of nitrogens with two attached hydrogens (primary N) is 1. The summed E-state index contributed by atoms with van der Waals surface area (Å²) >= 11 is 0. The van der Waals surface area contributed by atoms with Gasteiger partial charge < -0.3 is 5.73 Å². The number of nitrogens with zero attached hydrogens (tertiary/aromatic N) is 2. The number of hydrogen-bond donors (Lipinski definition) is 1. The lowest BCUT2D eigenvalue weighted by molar-refractivity contribution is 0.394. The van der Waals surface area contributed by atoms with Crippen LogP contribution in [-0.2, 0) is 12.0 Å². The van der Waals surface area contributed by atoms with Gasteiger partial charge in [0.1, 0.15) is 5.82 Å². The Morgan fingerprint density at radius 1 is 1.26 bits per heavy atom. The fourth-order valence-electron chi connectivity index (χ4n) is 2.30. The van der Waals surface area contributed by atoms with Gasteiger partial charge in [-0.15, -0.1) is 0 Å². The third-order valence-corrected chi connectivity index (χ3v) is 3.73. The summed E-state index contributed by atoms with van der Waals surface area (Å²) in [5, 5.41) is 4.25. The van der Waals surface area contributed by atoms with E-state index in [9.17, 15) is 4.39 Å². The molecular formula is C15H20FN3. The maximum atomic E-state index is 13.0. The van der Waals surface area contributed by atoms with Crippen LogP contribution >= 0.6 is 0 Å². The lowest BCUT2D eigenvalue weighted by atomic mass is 9.77. The molecule has 1 unspecified atom stereocenters. The Morgan fingerprint density at radius 3 is 2.47 bits per heavy atom. The number of halogens is 1. The van der Waals surface area contributed by atoms with Gasteiger partial charge in [-0.3, -0.25) is 4.68 Å². The van der Waals surface area contributed by atoms with Crippen molar-refractivity contribution >= 4 is 0 Å².